The molecule has 2 aromatic carbocycles. The van der Waals surface area contributed by atoms with Crippen LogP contribution in [-0.2, 0) is 0 Å². The van der Waals surface area contributed by atoms with Gasteiger partial charge in [-0.05, 0) is 48.9 Å². The zero-order valence-corrected chi connectivity index (χ0v) is 15.6. The van der Waals surface area contributed by atoms with Gasteiger partial charge in [0.15, 0.2) is 0 Å². The maximum atomic E-state index is 12.5. The molecule has 6 nitrogen and oxygen atoms in total. The summed E-state index contributed by atoms with van der Waals surface area (Å²) in [4.78, 5) is 29.0. The lowest BCUT2D eigenvalue weighted by Crippen LogP contribution is -2.17. The number of carbonyl (C=O) groups excluding carboxylic acids is 2. The molecule has 0 radical (unpaired) electrons. The van der Waals surface area contributed by atoms with E-state index in [1.165, 1.54) is 18.3 Å². The van der Waals surface area contributed by atoms with E-state index in [0.717, 1.165) is 5.56 Å². The zero-order valence-electron chi connectivity index (χ0n) is 14.9. The lowest BCUT2D eigenvalue weighted by molar-refractivity contribution is 0.102. The number of hydrogen-bond donors (Lipinski definition) is 2. The van der Waals surface area contributed by atoms with Crippen molar-refractivity contribution in [1.82, 2.24) is 4.98 Å². The third-order valence-electron chi connectivity index (χ3n) is 3.98. The number of nitrogens with zero attached hydrogens (tertiary/aromatic N) is 2. The Labute approximate surface area is 166 Å². The molecule has 0 unspecified atom stereocenters. The highest BCUT2D eigenvalue weighted by Crippen LogP contribution is 2.21. The number of nitriles is 1. The van der Waals surface area contributed by atoms with Gasteiger partial charge >= 0.3 is 0 Å². The lowest BCUT2D eigenvalue weighted by atomic mass is 10.1. The Morgan fingerprint density at radius 1 is 1.04 bits per heavy atom. The van der Waals surface area contributed by atoms with Crippen LogP contribution in [0.4, 0.5) is 11.4 Å². The van der Waals surface area contributed by atoms with E-state index in [-0.39, 0.29) is 11.3 Å². The zero-order chi connectivity index (χ0) is 20.1. The highest BCUT2D eigenvalue weighted by Gasteiger charge is 2.14. The molecule has 2 amide bonds. The third kappa shape index (κ3) is 4.34. The Morgan fingerprint density at radius 2 is 1.82 bits per heavy atom. The average molecular weight is 391 g/mol. The van der Waals surface area contributed by atoms with Gasteiger partial charge in [-0.25, -0.2) is 0 Å². The van der Waals surface area contributed by atoms with Crippen molar-refractivity contribution in [2.45, 2.75) is 6.92 Å². The molecular formula is C21H15ClN4O2. The SMILES string of the molecule is Cc1ccc(NC(=O)c2ccnc(C(=O)Nc3ccccc3C#N)c2)cc1Cl. The second-order valence-electron chi connectivity index (χ2n) is 5.96. The molecule has 0 spiro atoms. The molecule has 0 atom stereocenters. The molecule has 2 N–H and O–H groups in total. The van der Waals surface area contributed by atoms with Crippen LogP contribution in [0.2, 0.25) is 5.02 Å². The minimum Gasteiger partial charge on any atom is -0.322 e. The predicted molar refractivity (Wildman–Crippen MR) is 107 cm³/mol. The number of para-hydroxylation sites is 1. The van der Waals surface area contributed by atoms with Crippen LogP contribution in [0, 0.1) is 18.3 Å². The Hall–Kier alpha value is -3.69. The second-order valence-corrected chi connectivity index (χ2v) is 6.37. The summed E-state index contributed by atoms with van der Waals surface area (Å²) in [6, 6.07) is 16.7. The summed E-state index contributed by atoms with van der Waals surface area (Å²) in [6.45, 7) is 1.87. The van der Waals surface area contributed by atoms with Gasteiger partial charge in [-0.15, -0.1) is 0 Å². The molecule has 3 aromatic rings. The van der Waals surface area contributed by atoms with Crippen molar-refractivity contribution in [2.24, 2.45) is 0 Å². The topological polar surface area (TPSA) is 94.9 Å². The van der Waals surface area contributed by atoms with Gasteiger partial charge in [0.2, 0.25) is 0 Å². The van der Waals surface area contributed by atoms with Crippen molar-refractivity contribution in [3.8, 4) is 6.07 Å². The average Bonchev–Trinajstić information content (AvgIpc) is 2.71. The molecule has 138 valence electrons. The van der Waals surface area contributed by atoms with Gasteiger partial charge in [0.1, 0.15) is 11.8 Å². The summed E-state index contributed by atoms with van der Waals surface area (Å²) in [5.74, 6) is -0.912. The number of benzene rings is 2. The first-order valence-corrected chi connectivity index (χ1v) is 8.70. The molecule has 1 aromatic heterocycles. The van der Waals surface area contributed by atoms with Gasteiger partial charge in [0.25, 0.3) is 11.8 Å². The fourth-order valence-corrected chi connectivity index (χ4v) is 2.63. The van der Waals surface area contributed by atoms with E-state index in [1.807, 2.05) is 13.0 Å². The molecule has 0 fully saturated rings. The van der Waals surface area contributed by atoms with E-state index in [9.17, 15) is 9.59 Å². The van der Waals surface area contributed by atoms with Crippen LogP contribution in [0.3, 0.4) is 0 Å². The molecule has 0 saturated carbocycles. The molecule has 0 bridgehead atoms. The summed E-state index contributed by atoms with van der Waals surface area (Å²) >= 11 is 6.07. The predicted octanol–water partition coefficient (Wildman–Crippen LogP) is 4.42. The van der Waals surface area contributed by atoms with Crippen LogP contribution in [0.15, 0.2) is 60.8 Å². The Kier molecular flexibility index (Phi) is 5.68. The van der Waals surface area contributed by atoms with Crippen molar-refractivity contribution in [2.75, 3.05) is 10.6 Å². The van der Waals surface area contributed by atoms with Crippen LogP contribution in [0.5, 0.6) is 0 Å². The molecule has 0 aliphatic carbocycles. The van der Waals surface area contributed by atoms with Gasteiger partial charge < -0.3 is 10.6 Å². The molecule has 28 heavy (non-hydrogen) atoms. The van der Waals surface area contributed by atoms with Crippen molar-refractivity contribution in [3.63, 3.8) is 0 Å². The minimum atomic E-state index is -0.518. The standard InChI is InChI=1S/C21H15ClN4O2/c1-13-6-7-16(11-17(13)22)25-20(27)14-8-9-24-19(10-14)21(28)26-18-5-3-2-4-15(18)12-23/h2-11H,1H3,(H,25,27)(H,26,28). The molecular weight excluding hydrogens is 376 g/mol. The number of pyridine rings is 1. The maximum absolute atomic E-state index is 12.5. The largest absolute Gasteiger partial charge is 0.322 e. The molecule has 0 saturated heterocycles. The van der Waals surface area contributed by atoms with Crippen LogP contribution >= 0.6 is 11.6 Å². The molecule has 0 aliphatic rings. The van der Waals surface area contributed by atoms with Crippen molar-refractivity contribution in [3.05, 3.63) is 88.2 Å². The third-order valence-corrected chi connectivity index (χ3v) is 4.39. The smallest absolute Gasteiger partial charge is 0.274 e. The summed E-state index contributed by atoms with van der Waals surface area (Å²) in [5.41, 5.74) is 2.49. The number of hydrogen-bond acceptors (Lipinski definition) is 4. The second kappa shape index (κ2) is 8.33. The number of anilines is 2. The fraction of sp³-hybridized carbons (Fsp3) is 0.0476. The van der Waals surface area contributed by atoms with Crippen LogP contribution in [0.1, 0.15) is 32.0 Å². The van der Waals surface area contributed by atoms with Gasteiger partial charge in [-0.1, -0.05) is 29.8 Å². The minimum absolute atomic E-state index is 0.0577. The van der Waals surface area contributed by atoms with E-state index in [4.69, 9.17) is 16.9 Å². The maximum Gasteiger partial charge on any atom is 0.274 e. The number of aryl methyl sites for hydroxylation is 1. The molecule has 7 heteroatoms. The van der Waals surface area contributed by atoms with E-state index < -0.39 is 11.8 Å². The van der Waals surface area contributed by atoms with E-state index in [2.05, 4.69) is 15.6 Å². The van der Waals surface area contributed by atoms with Crippen LogP contribution in [0.25, 0.3) is 0 Å². The monoisotopic (exact) mass is 390 g/mol. The number of nitrogens with one attached hydrogen (secondary N) is 2. The summed E-state index contributed by atoms with van der Waals surface area (Å²) in [6.07, 6.45) is 1.38. The van der Waals surface area contributed by atoms with Gasteiger partial charge in [-0.3, -0.25) is 14.6 Å². The normalized spacial score (nSPS) is 10.0. The first-order chi connectivity index (χ1) is 13.5. The first-order valence-electron chi connectivity index (χ1n) is 8.32. The number of rotatable bonds is 4. The quantitative estimate of drug-likeness (QED) is 0.689. The Balaban J connectivity index is 1.77. The van der Waals surface area contributed by atoms with Crippen molar-refractivity contribution < 1.29 is 9.59 Å². The Morgan fingerprint density at radius 3 is 2.57 bits per heavy atom. The number of carbonyl (C=O) groups is 2. The lowest BCUT2D eigenvalue weighted by Gasteiger charge is -2.09. The number of amides is 2. The first kappa shape index (κ1) is 19.1. The number of halogens is 1. The number of aromatic nitrogens is 1. The molecule has 1 heterocycles. The van der Waals surface area contributed by atoms with Crippen molar-refractivity contribution in [1.29, 1.82) is 5.26 Å². The summed E-state index contributed by atoms with van der Waals surface area (Å²) in [7, 11) is 0. The van der Waals surface area contributed by atoms with E-state index in [1.54, 1.807) is 42.5 Å². The van der Waals surface area contributed by atoms with Crippen LogP contribution in [-0.4, -0.2) is 16.8 Å². The summed E-state index contributed by atoms with van der Waals surface area (Å²) in [5, 5.41) is 15.0. The summed E-state index contributed by atoms with van der Waals surface area (Å²) < 4.78 is 0. The van der Waals surface area contributed by atoms with Gasteiger partial charge in [0, 0.05) is 22.5 Å². The fourth-order valence-electron chi connectivity index (χ4n) is 2.45. The molecule has 3 rings (SSSR count). The molecule has 0 aliphatic heterocycles. The van der Waals surface area contributed by atoms with E-state index >= 15 is 0 Å². The van der Waals surface area contributed by atoms with Crippen molar-refractivity contribution >= 4 is 34.8 Å². The van der Waals surface area contributed by atoms with Gasteiger partial charge in [0.05, 0.1) is 11.3 Å². The highest BCUT2D eigenvalue weighted by molar-refractivity contribution is 6.31. The van der Waals surface area contributed by atoms with Gasteiger partial charge in [-0.2, -0.15) is 5.26 Å². The Bertz CT molecular complexity index is 1110. The highest BCUT2D eigenvalue weighted by atomic mass is 35.5. The van der Waals surface area contributed by atoms with Crippen LogP contribution < -0.4 is 10.6 Å². The van der Waals surface area contributed by atoms with E-state index in [0.29, 0.717) is 22.0 Å².